The lowest BCUT2D eigenvalue weighted by molar-refractivity contribution is -0.385. The van der Waals surface area contributed by atoms with Gasteiger partial charge in [-0.05, 0) is 45.4 Å². The van der Waals surface area contributed by atoms with Gasteiger partial charge in [-0.25, -0.2) is 22.6 Å². The molecule has 2 heterocycles. The molecule has 1 aromatic carbocycles. The molecule has 1 aliphatic carbocycles. The number of sulfone groups is 1. The number of likely N-dealkylation sites (tertiary alicyclic amines) is 1. The number of carbonyl (C=O) groups excluding carboxylic acids is 1. The first-order valence-electron chi connectivity index (χ1n) is 11.1. The molecule has 1 N–H and O–H groups in total. The Bertz CT molecular complexity index is 1310. The van der Waals surface area contributed by atoms with E-state index >= 15 is 0 Å². The summed E-state index contributed by atoms with van der Waals surface area (Å²) in [6.07, 6.45) is 2.29. The van der Waals surface area contributed by atoms with Crippen molar-refractivity contribution < 1.29 is 32.0 Å². The molecule has 1 aliphatic heterocycles. The maximum atomic E-state index is 14.5. The van der Waals surface area contributed by atoms with E-state index in [4.69, 9.17) is 9.47 Å². The summed E-state index contributed by atoms with van der Waals surface area (Å²) in [5.74, 6) is -1.58. The topological polar surface area (TPSA) is 154 Å². The zero-order valence-corrected chi connectivity index (χ0v) is 20.9. The molecule has 194 valence electrons. The fourth-order valence-electron chi connectivity index (χ4n) is 4.40. The molecule has 3 unspecified atom stereocenters. The second kappa shape index (κ2) is 9.15. The van der Waals surface area contributed by atoms with Crippen molar-refractivity contribution in [3.05, 3.63) is 40.5 Å². The van der Waals surface area contributed by atoms with Gasteiger partial charge in [-0.2, -0.15) is 4.98 Å². The summed E-state index contributed by atoms with van der Waals surface area (Å²) in [5, 5.41) is 14.4. The molecule has 2 aromatic rings. The van der Waals surface area contributed by atoms with Crippen molar-refractivity contribution in [3.8, 4) is 5.88 Å². The number of nitrogens with one attached hydrogen (secondary N) is 1. The Hall–Kier alpha value is -3.55. The number of piperidine rings is 1. The van der Waals surface area contributed by atoms with Gasteiger partial charge in [0.15, 0.2) is 9.84 Å². The monoisotopic (exact) mass is 523 g/mol. The van der Waals surface area contributed by atoms with Crippen LogP contribution in [-0.2, 0) is 14.6 Å². The minimum atomic E-state index is -3.63. The Morgan fingerprint density at radius 1 is 1.28 bits per heavy atom. The van der Waals surface area contributed by atoms with Crippen molar-refractivity contribution in [3.63, 3.8) is 0 Å². The maximum absolute atomic E-state index is 14.5. The highest BCUT2D eigenvalue weighted by atomic mass is 32.2. The Morgan fingerprint density at radius 2 is 2.00 bits per heavy atom. The lowest BCUT2D eigenvalue weighted by Gasteiger charge is -2.33. The summed E-state index contributed by atoms with van der Waals surface area (Å²) in [6.45, 7) is 5.76. The first-order valence-corrected chi connectivity index (χ1v) is 13.0. The number of fused-ring (bicyclic) bond motifs is 2. The van der Waals surface area contributed by atoms with E-state index in [2.05, 4.69) is 15.3 Å². The molecule has 1 amide bonds. The van der Waals surface area contributed by atoms with E-state index in [1.165, 1.54) is 6.07 Å². The third kappa shape index (κ3) is 5.32. The van der Waals surface area contributed by atoms with Gasteiger partial charge in [0.05, 0.1) is 15.5 Å². The van der Waals surface area contributed by atoms with E-state index in [0.717, 1.165) is 24.7 Å². The zero-order chi connectivity index (χ0) is 26.4. The van der Waals surface area contributed by atoms with Gasteiger partial charge in [0, 0.05) is 31.2 Å². The van der Waals surface area contributed by atoms with Crippen molar-refractivity contribution in [2.45, 2.75) is 56.3 Å². The van der Waals surface area contributed by atoms with Gasteiger partial charge in [-0.15, -0.1) is 0 Å². The lowest BCUT2D eigenvalue weighted by Crippen LogP contribution is -2.45. The van der Waals surface area contributed by atoms with E-state index in [1.54, 1.807) is 25.7 Å². The summed E-state index contributed by atoms with van der Waals surface area (Å²) in [6, 6.07) is 3.03. The highest BCUT2D eigenvalue weighted by Crippen LogP contribution is 2.42. The number of ether oxygens (including phenoxy) is 2. The largest absolute Gasteiger partial charge is 0.469 e. The maximum Gasteiger partial charge on any atom is 0.410 e. The molecule has 12 nitrogen and oxygen atoms in total. The average molecular weight is 524 g/mol. The van der Waals surface area contributed by atoms with Crippen LogP contribution in [0.3, 0.4) is 0 Å². The quantitative estimate of drug-likeness (QED) is 0.440. The second-order valence-electron chi connectivity index (χ2n) is 9.85. The van der Waals surface area contributed by atoms with Crippen LogP contribution in [-0.4, -0.2) is 64.8 Å². The van der Waals surface area contributed by atoms with Crippen LogP contribution in [0.5, 0.6) is 5.88 Å². The Labute approximate surface area is 206 Å². The van der Waals surface area contributed by atoms with Crippen molar-refractivity contribution in [1.82, 2.24) is 14.9 Å². The van der Waals surface area contributed by atoms with Crippen molar-refractivity contribution >= 4 is 33.1 Å². The van der Waals surface area contributed by atoms with E-state index < -0.39 is 44.1 Å². The SMILES string of the molecule is CC(C)(C)OC(=O)N1CC2CC1CC2Oc1ncnc(Nc2ccc(S(C)(=O)=O)cc2F)c1[N+](=O)[O-]. The summed E-state index contributed by atoms with van der Waals surface area (Å²) in [7, 11) is -3.63. The summed E-state index contributed by atoms with van der Waals surface area (Å²) >= 11 is 0. The van der Waals surface area contributed by atoms with E-state index in [0.29, 0.717) is 19.4 Å². The number of amides is 1. The number of anilines is 2. The number of rotatable bonds is 6. The van der Waals surface area contributed by atoms with Crippen molar-refractivity contribution in [1.29, 1.82) is 0 Å². The predicted molar refractivity (Wildman–Crippen MR) is 125 cm³/mol. The first-order chi connectivity index (χ1) is 16.7. The smallest absolute Gasteiger partial charge is 0.410 e. The van der Waals surface area contributed by atoms with Gasteiger partial charge in [0.2, 0.25) is 5.82 Å². The molecule has 2 aliphatic rings. The second-order valence-corrected chi connectivity index (χ2v) is 11.9. The number of hydrogen-bond acceptors (Lipinski definition) is 10. The summed E-state index contributed by atoms with van der Waals surface area (Å²) < 4.78 is 49.2. The van der Waals surface area contributed by atoms with Gasteiger partial charge in [0.25, 0.3) is 5.88 Å². The number of benzene rings is 1. The van der Waals surface area contributed by atoms with E-state index in [1.807, 2.05) is 0 Å². The van der Waals surface area contributed by atoms with Crippen LogP contribution >= 0.6 is 0 Å². The highest BCUT2D eigenvalue weighted by Gasteiger charge is 2.49. The standard InChI is InChI=1S/C22H26FN5O7S/c1-22(2,3)35-21(29)27-10-12-7-13(27)8-17(12)34-20-18(28(30)31)19(24-11-25-20)26-16-6-5-14(9-15(16)23)36(4,32)33/h5-6,9,11-13,17H,7-8,10H2,1-4H3,(H,24,25,26). The number of aromatic nitrogens is 2. The molecule has 2 fully saturated rings. The molecular formula is C22H26FN5O7S. The molecule has 36 heavy (non-hydrogen) atoms. The third-order valence-electron chi connectivity index (χ3n) is 5.96. The molecule has 0 spiro atoms. The summed E-state index contributed by atoms with van der Waals surface area (Å²) in [4.78, 5) is 32.8. The van der Waals surface area contributed by atoms with Gasteiger partial charge in [-0.3, -0.25) is 10.1 Å². The highest BCUT2D eigenvalue weighted by molar-refractivity contribution is 7.90. The number of hydrogen-bond donors (Lipinski definition) is 1. The van der Waals surface area contributed by atoms with Crippen LogP contribution < -0.4 is 10.1 Å². The third-order valence-corrected chi connectivity index (χ3v) is 7.07. The summed E-state index contributed by atoms with van der Waals surface area (Å²) in [5.41, 5.74) is -1.41. The van der Waals surface area contributed by atoms with Crippen LogP contribution in [0.2, 0.25) is 0 Å². The molecule has 2 bridgehead atoms. The Balaban J connectivity index is 1.52. The van der Waals surface area contributed by atoms with E-state index in [9.17, 15) is 27.7 Å². The number of nitro groups is 1. The fourth-order valence-corrected chi connectivity index (χ4v) is 5.03. The Morgan fingerprint density at radius 3 is 2.56 bits per heavy atom. The lowest BCUT2D eigenvalue weighted by atomic mass is 10.1. The van der Waals surface area contributed by atoms with Gasteiger partial charge < -0.3 is 19.7 Å². The van der Waals surface area contributed by atoms with Crippen LogP contribution in [0.15, 0.2) is 29.4 Å². The minimum absolute atomic E-state index is 0.0607. The van der Waals surface area contributed by atoms with E-state index in [-0.39, 0.29) is 34.2 Å². The predicted octanol–water partition coefficient (Wildman–Crippen LogP) is 3.45. The normalized spacial score (nSPS) is 21.4. The van der Waals surface area contributed by atoms with Crippen LogP contribution in [0.1, 0.15) is 33.6 Å². The molecule has 3 atom stereocenters. The van der Waals surface area contributed by atoms with Crippen molar-refractivity contribution in [2.75, 3.05) is 18.1 Å². The van der Waals surface area contributed by atoms with Crippen LogP contribution in [0, 0.1) is 21.8 Å². The minimum Gasteiger partial charge on any atom is -0.469 e. The van der Waals surface area contributed by atoms with Gasteiger partial charge >= 0.3 is 11.8 Å². The van der Waals surface area contributed by atoms with Crippen molar-refractivity contribution in [2.24, 2.45) is 5.92 Å². The molecule has 1 aromatic heterocycles. The zero-order valence-electron chi connectivity index (χ0n) is 20.1. The molecule has 4 rings (SSSR count). The number of nitrogens with zero attached hydrogens (tertiary/aromatic N) is 4. The molecule has 14 heteroatoms. The average Bonchev–Trinajstić information content (AvgIpc) is 3.34. The Kier molecular flexibility index (Phi) is 6.49. The number of halogens is 1. The number of carbonyl (C=O) groups is 1. The fraction of sp³-hybridized carbons (Fsp3) is 0.500. The van der Waals surface area contributed by atoms with Crippen LogP contribution in [0.4, 0.5) is 26.4 Å². The molecule has 1 saturated heterocycles. The molecule has 1 saturated carbocycles. The van der Waals surface area contributed by atoms with Gasteiger partial charge in [-0.1, -0.05) is 0 Å². The van der Waals surface area contributed by atoms with Crippen LogP contribution in [0.25, 0.3) is 0 Å². The molecular weight excluding hydrogens is 497 g/mol. The first kappa shape index (κ1) is 25.5. The van der Waals surface area contributed by atoms with Gasteiger partial charge in [0.1, 0.15) is 23.8 Å². The molecule has 0 radical (unpaired) electrons.